The van der Waals surface area contributed by atoms with E-state index >= 15 is 0 Å². The summed E-state index contributed by atoms with van der Waals surface area (Å²) in [5, 5.41) is 17.6. The molecule has 0 saturated heterocycles. The lowest BCUT2D eigenvalue weighted by atomic mass is 10.2. The fourth-order valence-electron chi connectivity index (χ4n) is 2.39. The van der Waals surface area contributed by atoms with Gasteiger partial charge in [0, 0.05) is 11.6 Å². The molecule has 0 aliphatic rings. The van der Waals surface area contributed by atoms with Crippen LogP contribution in [0.15, 0.2) is 63.7 Å². The Bertz CT molecular complexity index is 1110. The molecule has 0 radical (unpaired) electrons. The zero-order valence-corrected chi connectivity index (χ0v) is 13.0. The van der Waals surface area contributed by atoms with Crippen LogP contribution in [0, 0.1) is 0 Å². The van der Waals surface area contributed by atoms with E-state index in [0.717, 1.165) is 5.56 Å². The van der Waals surface area contributed by atoms with Crippen molar-refractivity contribution in [1.29, 1.82) is 0 Å². The quantitative estimate of drug-likeness (QED) is 0.499. The first-order valence-electron chi connectivity index (χ1n) is 7.17. The third-order valence-electron chi connectivity index (χ3n) is 3.52. The summed E-state index contributed by atoms with van der Waals surface area (Å²) in [4.78, 5) is 0.667. The summed E-state index contributed by atoms with van der Waals surface area (Å²) in [6, 6.07) is 15.3. The second-order valence-electron chi connectivity index (χ2n) is 5.04. The van der Waals surface area contributed by atoms with Crippen LogP contribution in [0.1, 0.15) is 0 Å². The number of fused-ring (bicyclic) bond motifs is 1. The lowest BCUT2D eigenvalue weighted by Gasteiger charge is -1.91. The number of nitrogens with zero attached hydrogens (tertiary/aromatic N) is 5. The Kier molecular flexibility index (Phi) is 2.83. The molecule has 5 aromatic rings. The van der Waals surface area contributed by atoms with Crippen molar-refractivity contribution >= 4 is 16.3 Å². The Hall–Kier alpha value is -3.26. The molecule has 0 N–H and O–H groups in total. The number of benzene rings is 1. The molecule has 0 spiro atoms. The van der Waals surface area contributed by atoms with Gasteiger partial charge in [-0.15, -0.1) is 10.2 Å². The molecule has 0 aliphatic carbocycles. The van der Waals surface area contributed by atoms with Crippen molar-refractivity contribution in [2.24, 2.45) is 0 Å². The number of aromatic nitrogens is 5. The van der Waals surface area contributed by atoms with E-state index in [1.54, 1.807) is 16.8 Å². The van der Waals surface area contributed by atoms with E-state index in [2.05, 4.69) is 20.5 Å². The molecule has 116 valence electrons. The van der Waals surface area contributed by atoms with Crippen LogP contribution >= 0.6 is 11.3 Å². The minimum Gasteiger partial charge on any atom is -0.461 e. The zero-order chi connectivity index (χ0) is 15.9. The standard InChI is InChI=1S/C16H9N5O2S/c1-2-5-10(6-3-1)13-9-11(20-23-13)15-19-21-14(12-7-4-8-22-12)17-18-16(21)24-15/h1-9H. The molecule has 4 aromatic heterocycles. The Morgan fingerprint density at radius 1 is 0.958 bits per heavy atom. The van der Waals surface area contributed by atoms with Crippen molar-refractivity contribution in [1.82, 2.24) is 25.0 Å². The smallest absolute Gasteiger partial charge is 0.235 e. The van der Waals surface area contributed by atoms with Crippen LogP contribution in [0.3, 0.4) is 0 Å². The summed E-state index contributed by atoms with van der Waals surface area (Å²) >= 11 is 1.39. The Balaban J connectivity index is 1.57. The maximum Gasteiger partial charge on any atom is 0.235 e. The molecule has 8 heteroatoms. The van der Waals surface area contributed by atoms with Crippen LogP contribution in [-0.4, -0.2) is 25.0 Å². The highest BCUT2D eigenvalue weighted by Crippen LogP contribution is 2.30. The molecule has 24 heavy (non-hydrogen) atoms. The van der Waals surface area contributed by atoms with Gasteiger partial charge in [0.2, 0.25) is 10.8 Å². The normalized spacial score (nSPS) is 11.3. The first-order chi connectivity index (χ1) is 11.9. The van der Waals surface area contributed by atoms with Crippen molar-refractivity contribution in [3.63, 3.8) is 0 Å². The van der Waals surface area contributed by atoms with Gasteiger partial charge in [0.05, 0.1) is 6.26 Å². The van der Waals surface area contributed by atoms with E-state index in [1.807, 2.05) is 42.5 Å². The lowest BCUT2D eigenvalue weighted by molar-refractivity contribution is 0.435. The summed E-state index contributed by atoms with van der Waals surface area (Å²) in [5.41, 5.74) is 1.63. The third kappa shape index (κ3) is 2.04. The van der Waals surface area contributed by atoms with Crippen molar-refractivity contribution in [2.75, 3.05) is 0 Å². The van der Waals surface area contributed by atoms with Gasteiger partial charge in [-0.1, -0.05) is 46.8 Å². The zero-order valence-electron chi connectivity index (χ0n) is 12.2. The number of rotatable bonds is 3. The molecule has 0 fully saturated rings. The molecule has 5 rings (SSSR count). The Morgan fingerprint density at radius 2 is 1.88 bits per heavy atom. The van der Waals surface area contributed by atoms with Gasteiger partial charge >= 0.3 is 0 Å². The maximum atomic E-state index is 5.43. The molecule has 1 aromatic carbocycles. The summed E-state index contributed by atoms with van der Waals surface area (Å²) < 4.78 is 12.5. The highest BCUT2D eigenvalue weighted by atomic mass is 32.1. The number of hydrogen-bond acceptors (Lipinski definition) is 7. The Labute approximate surface area is 139 Å². The van der Waals surface area contributed by atoms with Crippen molar-refractivity contribution in [3.8, 4) is 33.6 Å². The first kappa shape index (κ1) is 13.2. The second-order valence-corrected chi connectivity index (χ2v) is 6.00. The van der Waals surface area contributed by atoms with Gasteiger partial charge in [0.25, 0.3) is 0 Å². The SMILES string of the molecule is c1ccc(-c2cc(-c3nn4c(-c5ccco5)nnc4s3)no2)cc1. The topological polar surface area (TPSA) is 82.2 Å². The molecule has 0 unspecified atom stereocenters. The average molecular weight is 335 g/mol. The van der Waals surface area contributed by atoms with Gasteiger partial charge < -0.3 is 8.94 Å². The molecule has 0 amide bonds. The highest BCUT2D eigenvalue weighted by Gasteiger charge is 2.18. The number of hydrogen-bond donors (Lipinski definition) is 0. The van der Waals surface area contributed by atoms with Gasteiger partial charge in [-0.05, 0) is 12.1 Å². The van der Waals surface area contributed by atoms with E-state index in [1.165, 1.54) is 11.3 Å². The predicted octanol–water partition coefficient (Wildman–Crippen LogP) is 3.77. The van der Waals surface area contributed by atoms with E-state index in [0.29, 0.717) is 33.0 Å². The van der Waals surface area contributed by atoms with Gasteiger partial charge in [0.15, 0.2) is 16.5 Å². The Morgan fingerprint density at radius 3 is 2.71 bits per heavy atom. The molecule has 0 bridgehead atoms. The van der Waals surface area contributed by atoms with Crippen LogP contribution in [0.5, 0.6) is 0 Å². The van der Waals surface area contributed by atoms with Crippen LogP contribution in [0.25, 0.3) is 38.6 Å². The predicted molar refractivity (Wildman–Crippen MR) is 87.3 cm³/mol. The largest absolute Gasteiger partial charge is 0.461 e. The van der Waals surface area contributed by atoms with Crippen LogP contribution in [-0.2, 0) is 0 Å². The van der Waals surface area contributed by atoms with Crippen molar-refractivity contribution < 1.29 is 8.94 Å². The van der Waals surface area contributed by atoms with E-state index < -0.39 is 0 Å². The summed E-state index contributed by atoms with van der Waals surface area (Å²) in [7, 11) is 0. The third-order valence-corrected chi connectivity index (χ3v) is 4.44. The lowest BCUT2D eigenvalue weighted by Crippen LogP contribution is -1.89. The molecule has 0 atom stereocenters. The van der Waals surface area contributed by atoms with Crippen LogP contribution < -0.4 is 0 Å². The van der Waals surface area contributed by atoms with Gasteiger partial charge in [-0.25, -0.2) is 0 Å². The molecule has 4 heterocycles. The second kappa shape index (κ2) is 5.14. The first-order valence-corrected chi connectivity index (χ1v) is 7.99. The van der Waals surface area contributed by atoms with E-state index in [-0.39, 0.29) is 0 Å². The van der Waals surface area contributed by atoms with Crippen LogP contribution in [0.2, 0.25) is 0 Å². The van der Waals surface area contributed by atoms with Crippen molar-refractivity contribution in [3.05, 3.63) is 54.8 Å². The maximum absolute atomic E-state index is 5.43. The summed E-state index contributed by atoms with van der Waals surface area (Å²) in [6.45, 7) is 0. The summed E-state index contributed by atoms with van der Waals surface area (Å²) in [6.07, 6.45) is 1.59. The molecule has 7 nitrogen and oxygen atoms in total. The fraction of sp³-hybridized carbons (Fsp3) is 0. The minimum absolute atomic E-state index is 0.560. The minimum atomic E-state index is 0.560. The fourth-order valence-corrected chi connectivity index (χ4v) is 3.19. The molecular formula is C16H9N5O2S. The van der Waals surface area contributed by atoms with E-state index in [9.17, 15) is 0 Å². The van der Waals surface area contributed by atoms with Gasteiger partial charge in [0.1, 0.15) is 5.69 Å². The van der Waals surface area contributed by atoms with E-state index in [4.69, 9.17) is 8.94 Å². The number of furan rings is 1. The van der Waals surface area contributed by atoms with Crippen molar-refractivity contribution in [2.45, 2.75) is 0 Å². The van der Waals surface area contributed by atoms with Crippen LogP contribution in [0.4, 0.5) is 0 Å². The monoisotopic (exact) mass is 335 g/mol. The highest BCUT2D eigenvalue weighted by molar-refractivity contribution is 7.19. The molecule has 0 aliphatic heterocycles. The summed E-state index contributed by atoms with van der Waals surface area (Å²) in [5.74, 6) is 1.87. The average Bonchev–Trinajstić information content (AvgIpc) is 3.37. The van der Waals surface area contributed by atoms with Gasteiger partial charge in [-0.3, -0.25) is 0 Å². The molecular weight excluding hydrogens is 326 g/mol. The molecule has 0 saturated carbocycles. The van der Waals surface area contributed by atoms with Gasteiger partial charge in [-0.2, -0.15) is 9.61 Å².